The Hall–Kier alpha value is -2.81. The van der Waals surface area contributed by atoms with Crippen LogP contribution < -0.4 is 25.4 Å². The number of carbonyl (C=O) groups is 3. The van der Waals surface area contributed by atoms with Crippen LogP contribution in [0.4, 0.5) is 10.5 Å². The number of benzene rings is 1. The molecular formula is C17H23N3O6. The molecule has 0 spiro atoms. The fourth-order valence-electron chi connectivity index (χ4n) is 2.45. The fourth-order valence-corrected chi connectivity index (χ4v) is 2.45. The van der Waals surface area contributed by atoms with Crippen molar-refractivity contribution in [2.75, 3.05) is 18.5 Å². The molecule has 1 aromatic rings. The molecule has 2 atom stereocenters. The quantitative estimate of drug-likeness (QED) is 0.574. The second-order valence-corrected chi connectivity index (χ2v) is 5.87. The molecule has 0 saturated heterocycles. The molecule has 4 N–H and O–H groups in total. The molecule has 0 saturated carbocycles. The SMILES string of the molecule is CCCC(NC(C)C(=O)NC(=O)Nc1ccc2c(c1)OCCO2)C(=O)O. The first-order chi connectivity index (χ1) is 12.4. The van der Waals surface area contributed by atoms with Crippen LogP contribution in [0.1, 0.15) is 26.7 Å². The number of ether oxygens (including phenoxy) is 2. The van der Waals surface area contributed by atoms with E-state index in [2.05, 4.69) is 16.0 Å². The summed E-state index contributed by atoms with van der Waals surface area (Å²) in [4.78, 5) is 35.2. The van der Waals surface area contributed by atoms with Crippen LogP contribution in [0.5, 0.6) is 11.5 Å². The number of amides is 3. The Kier molecular flexibility index (Phi) is 6.79. The molecule has 3 amide bonds. The summed E-state index contributed by atoms with van der Waals surface area (Å²) in [5.74, 6) is -0.555. The zero-order valence-electron chi connectivity index (χ0n) is 14.7. The van der Waals surface area contributed by atoms with Crippen LogP contribution in [0, 0.1) is 0 Å². The summed E-state index contributed by atoms with van der Waals surface area (Å²) in [6.07, 6.45) is 1.04. The molecule has 0 aliphatic carbocycles. The van der Waals surface area contributed by atoms with Gasteiger partial charge in [-0.05, 0) is 25.5 Å². The van der Waals surface area contributed by atoms with E-state index in [-0.39, 0.29) is 0 Å². The minimum Gasteiger partial charge on any atom is -0.486 e. The van der Waals surface area contributed by atoms with Gasteiger partial charge in [-0.3, -0.25) is 20.2 Å². The topological polar surface area (TPSA) is 126 Å². The predicted molar refractivity (Wildman–Crippen MR) is 93.5 cm³/mol. The van der Waals surface area contributed by atoms with Gasteiger partial charge in [0.25, 0.3) is 0 Å². The molecular weight excluding hydrogens is 342 g/mol. The van der Waals surface area contributed by atoms with Gasteiger partial charge in [-0.15, -0.1) is 0 Å². The van der Waals surface area contributed by atoms with Crippen LogP contribution in [-0.2, 0) is 9.59 Å². The van der Waals surface area contributed by atoms with E-state index >= 15 is 0 Å². The summed E-state index contributed by atoms with van der Waals surface area (Å²) < 4.78 is 10.8. The first-order valence-corrected chi connectivity index (χ1v) is 8.41. The summed E-state index contributed by atoms with van der Waals surface area (Å²) >= 11 is 0. The van der Waals surface area contributed by atoms with Crippen molar-refractivity contribution >= 4 is 23.6 Å². The molecule has 9 nitrogen and oxygen atoms in total. The molecule has 0 aromatic heterocycles. The first kappa shape index (κ1) is 19.5. The average molecular weight is 365 g/mol. The van der Waals surface area contributed by atoms with Crippen LogP contribution in [0.15, 0.2) is 18.2 Å². The van der Waals surface area contributed by atoms with Crippen molar-refractivity contribution in [3.8, 4) is 11.5 Å². The molecule has 1 heterocycles. The number of fused-ring (bicyclic) bond motifs is 1. The number of carboxylic acid groups (broad SMARTS) is 1. The number of carboxylic acids is 1. The lowest BCUT2D eigenvalue weighted by Gasteiger charge is -2.20. The van der Waals surface area contributed by atoms with E-state index in [4.69, 9.17) is 14.6 Å². The van der Waals surface area contributed by atoms with Crippen molar-refractivity contribution in [3.05, 3.63) is 18.2 Å². The van der Waals surface area contributed by atoms with Gasteiger partial charge in [-0.2, -0.15) is 0 Å². The Morgan fingerprint density at radius 2 is 1.88 bits per heavy atom. The number of aliphatic carboxylic acids is 1. The summed E-state index contributed by atoms with van der Waals surface area (Å²) in [7, 11) is 0. The Bertz CT molecular complexity index is 678. The summed E-state index contributed by atoms with van der Waals surface area (Å²) in [5, 5.41) is 16.5. The van der Waals surface area contributed by atoms with Crippen LogP contribution in [-0.4, -0.2) is 48.3 Å². The fraction of sp³-hybridized carbons (Fsp3) is 0.471. The third kappa shape index (κ3) is 5.35. The van der Waals surface area contributed by atoms with Crippen molar-refractivity contribution in [3.63, 3.8) is 0 Å². The number of carbonyl (C=O) groups excluding carboxylic acids is 2. The molecule has 1 aliphatic heterocycles. The van der Waals surface area contributed by atoms with Crippen molar-refractivity contribution < 1.29 is 29.0 Å². The zero-order chi connectivity index (χ0) is 19.1. The van der Waals surface area contributed by atoms with Gasteiger partial charge in [0.15, 0.2) is 11.5 Å². The third-order valence-electron chi connectivity index (χ3n) is 3.76. The highest BCUT2D eigenvalue weighted by atomic mass is 16.6. The molecule has 0 radical (unpaired) electrons. The highest BCUT2D eigenvalue weighted by molar-refractivity contribution is 6.03. The summed E-state index contributed by atoms with van der Waals surface area (Å²) in [6.45, 7) is 4.24. The molecule has 0 bridgehead atoms. The lowest BCUT2D eigenvalue weighted by Crippen LogP contribution is -2.51. The van der Waals surface area contributed by atoms with E-state index in [1.54, 1.807) is 18.2 Å². The highest BCUT2D eigenvalue weighted by Crippen LogP contribution is 2.32. The Morgan fingerprint density at radius 3 is 2.54 bits per heavy atom. The van der Waals surface area contributed by atoms with Crippen LogP contribution in [0.3, 0.4) is 0 Å². The maximum atomic E-state index is 12.1. The van der Waals surface area contributed by atoms with Crippen LogP contribution >= 0.6 is 0 Å². The van der Waals surface area contributed by atoms with Gasteiger partial charge < -0.3 is 19.9 Å². The van der Waals surface area contributed by atoms with E-state index in [9.17, 15) is 14.4 Å². The van der Waals surface area contributed by atoms with E-state index in [1.165, 1.54) is 6.92 Å². The lowest BCUT2D eigenvalue weighted by atomic mass is 10.1. The van der Waals surface area contributed by atoms with E-state index in [0.29, 0.717) is 43.2 Å². The van der Waals surface area contributed by atoms with Gasteiger partial charge in [0.05, 0.1) is 6.04 Å². The zero-order valence-corrected chi connectivity index (χ0v) is 14.7. The van der Waals surface area contributed by atoms with E-state index in [0.717, 1.165) is 0 Å². The predicted octanol–water partition coefficient (Wildman–Crippen LogP) is 1.34. The van der Waals surface area contributed by atoms with Gasteiger partial charge in [-0.25, -0.2) is 4.79 Å². The Morgan fingerprint density at radius 1 is 1.19 bits per heavy atom. The first-order valence-electron chi connectivity index (χ1n) is 8.41. The molecule has 2 rings (SSSR count). The largest absolute Gasteiger partial charge is 0.486 e. The third-order valence-corrected chi connectivity index (χ3v) is 3.76. The van der Waals surface area contributed by atoms with Gasteiger partial charge >= 0.3 is 12.0 Å². The molecule has 2 unspecified atom stereocenters. The molecule has 26 heavy (non-hydrogen) atoms. The highest BCUT2D eigenvalue weighted by Gasteiger charge is 2.23. The van der Waals surface area contributed by atoms with Crippen molar-refractivity contribution in [1.82, 2.24) is 10.6 Å². The van der Waals surface area contributed by atoms with E-state index < -0.39 is 30.0 Å². The maximum absolute atomic E-state index is 12.1. The second kappa shape index (κ2) is 9.04. The number of imide groups is 1. The number of hydrogen-bond acceptors (Lipinski definition) is 6. The van der Waals surface area contributed by atoms with Gasteiger partial charge in [0.2, 0.25) is 5.91 Å². The van der Waals surface area contributed by atoms with E-state index in [1.807, 2.05) is 6.92 Å². The van der Waals surface area contributed by atoms with Crippen LogP contribution in [0.2, 0.25) is 0 Å². The van der Waals surface area contributed by atoms with Crippen molar-refractivity contribution in [1.29, 1.82) is 0 Å². The number of rotatable bonds is 7. The summed E-state index contributed by atoms with van der Waals surface area (Å²) in [5.41, 5.74) is 0.439. The average Bonchev–Trinajstić information content (AvgIpc) is 2.60. The standard InChI is InChI=1S/C17H23N3O6/c1-3-4-12(16(22)23)18-10(2)15(21)20-17(24)19-11-5-6-13-14(9-11)26-8-7-25-13/h5-6,9-10,12,18H,3-4,7-8H2,1-2H3,(H,22,23)(H2,19,20,21,24). The summed E-state index contributed by atoms with van der Waals surface area (Å²) in [6, 6.07) is 2.49. The van der Waals surface area contributed by atoms with Gasteiger partial charge in [0.1, 0.15) is 19.3 Å². The lowest BCUT2D eigenvalue weighted by molar-refractivity contribution is -0.140. The molecule has 9 heteroatoms. The van der Waals surface area contributed by atoms with Gasteiger partial charge in [-0.1, -0.05) is 13.3 Å². The molecule has 1 aromatic carbocycles. The minimum absolute atomic E-state index is 0.385. The smallest absolute Gasteiger partial charge is 0.325 e. The normalized spacial score (nSPS) is 14.8. The van der Waals surface area contributed by atoms with Gasteiger partial charge in [0, 0.05) is 11.8 Å². The Labute approximate surface area is 151 Å². The second-order valence-electron chi connectivity index (χ2n) is 5.87. The number of anilines is 1. The minimum atomic E-state index is -1.03. The monoisotopic (exact) mass is 365 g/mol. The molecule has 1 aliphatic rings. The molecule has 142 valence electrons. The number of hydrogen-bond donors (Lipinski definition) is 4. The van der Waals surface area contributed by atoms with Crippen LogP contribution in [0.25, 0.3) is 0 Å². The number of urea groups is 1. The van der Waals surface area contributed by atoms with Crippen molar-refractivity contribution in [2.45, 2.75) is 38.8 Å². The van der Waals surface area contributed by atoms with Crippen molar-refractivity contribution in [2.24, 2.45) is 0 Å². The number of nitrogens with one attached hydrogen (secondary N) is 3. The molecule has 0 fully saturated rings. The Balaban J connectivity index is 1.88. The maximum Gasteiger partial charge on any atom is 0.325 e.